The lowest BCUT2D eigenvalue weighted by Gasteiger charge is -2.22. The fraction of sp³-hybridized carbons (Fsp3) is 0.471. The standard InChI is InChI=1S/C17H25N3O/c1-13(18-12-15-10-11-19-20(15)5)14-6-8-16(9-7-14)21-17(2,3)4/h6-11,13,18H,12H2,1-5H3/t13-/m0/s1. The van der Waals surface area contributed by atoms with Crippen LogP contribution in [0.1, 0.15) is 45.0 Å². The molecule has 0 unspecified atom stereocenters. The number of aromatic nitrogens is 2. The van der Waals surface area contributed by atoms with E-state index in [1.807, 2.05) is 36.1 Å². The van der Waals surface area contributed by atoms with Gasteiger partial charge in [0, 0.05) is 25.8 Å². The molecule has 0 aliphatic rings. The number of benzene rings is 1. The lowest BCUT2D eigenvalue weighted by molar-refractivity contribution is 0.131. The summed E-state index contributed by atoms with van der Waals surface area (Å²) in [5.41, 5.74) is 2.26. The van der Waals surface area contributed by atoms with Gasteiger partial charge in [0.25, 0.3) is 0 Å². The minimum Gasteiger partial charge on any atom is -0.488 e. The molecule has 0 amide bonds. The highest BCUT2D eigenvalue weighted by atomic mass is 16.5. The van der Waals surface area contributed by atoms with Gasteiger partial charge in [-0.1, -0.05) is 12.1 Å². The molecule has 1 aromatic carbocycles. The van der Waals surface area contributed by atoms with Crippen LogP contribution in [-0.2, 0) is 13.6 Å². The normalized spacial score (nSPS) is 13.2. The summed E-state index contributed by atoms with van der Waals surface area (Å²) in [7, 11) is 1.96. The van der Waals surface area contributed by atoms with E-state index in [4.69, 9.17) is 4.74 Å². The number of nitrogens with one attached hydrogen (secondary N) is 1. The number of nitrogens with zero attached hydrogens (tertiary/aromatic N) is 2. The van der Waals surface area contributed by atoms with Crippen LogP contribution in [0.2, 0.25) is 0 Å². The zero-order valence-corrected chi connectivity index (χ0v) is 13.6. The van der Waals surface area contributed by atoms with Crippen LogP contribution >= 0.6 is 0 Å². The van der Waals surface area contributed by atoms with Gasteiger partial charge in [-0.3, -0.25) is 4.68 Å². The highest BCUT2D eigenvalue weighted by Crippen LogP contribution is 2.21. The second kappa shape index (κ2) is 6.31. The molecule has 4 heteroatoms. The molecule has 1 N–H and O–H groups in total. The van der Waals surface area contributed by atoms with E-state index in [0.717, 1.165) is 12.3 Å². The van der Waals surface area contributed by atoms with E-state index in [0.29, 0.717) is 0 Å². The maximum absolute atomic E-state index is 5.84. The van der Waals surface area contributed by atoms with Crippen molar-refractivity contribution in [3.05, 3.63) is 47.8 Å². The quantitative estimate of drug-likeness (QED) is 0.915. The topological polar surface area (TPSA) is 39.1 Å². The fourth-order valence-electron chi connectivity index (χ4n) is 2.13. The third kappa shape index (κ3) is 4.60. The number of hydrogen-bond acceptors (Lipinski definition) is 3. The zero-order valence-electron chi connectivity index (χ0n) is 13.6. The molecule has 2 rings (SSSR count). The van der Waals surface area contributed by atoms with Crippen molar-refractivity contribution in [1.82, 2.24) is 15.1 Å². The van der Waals surface area contributed by atoms with Gasteiger partial charge in [0.15, 0.2) is 0 Å². The van der Waals surface area contributed by atoms with Gasteiger partial charge in [0.2, 0.25) is 0 Å². The molecular weight excluding hydrogens is 262 g/mol. The summed E-state index contributed by atoms with van der Waals surface area (Å²) in [5.74, 6) is 0.907. The van der Waals surface area contributed by atoms with Crippen LogP contribution < -0.4 is 10.1 Å². The molecule has 1 atom stereocenters. The Morgan fingerprint density at radius 3 is 2.38 bits per heavy atom. The summed E-state index contributed by atoms with van der Waals surface area (Å²) in [4.78, 5) is 0. The maximum Gasteiger partial charge on any atom is 0.120 e. The van der Waals surface area contributed by atoms with Crippen LogP contribution in [0.15, 0.2) is 36.5 Å². The average molecular weight is 287 g/mol. The van der Waals surface area contributed by atoms with Gasteiger partial charge < -0.3 is 10.1 Å². The van der Waals surface area contributed by atoms with Gasteiger partial charge in [0.05, 0.1) is 5.69 Å². The smallest absolute Gasteiger partial charge is 0.120 e. The summed E-state index contributed by atoms with van der Waals surface area (Å²) >= 11 is 0. The SMILES string of the molecule is C[C@H](NCc1ccnn1C)c1ccc(OC(C)(C)C)cc1. The number of ether oxygens (including phenoxy) is 1. The van der Waals surface area contributed by atoms with Crippen molar-refractivity contribution in [2.75, 3.05) is 0 Å². The predicted molar refractivity (Wildman–Crippen MR) is 85.3 cm³/mol. The van der Waals surface area contributed by atoms with Crippen molar-refractivity contribution in [1.29, 1.82) is 0 Å². The van der Waals surface area contributed by atoms with E-state index in [2.05, 4.69) is 50.2 Å². The Bertz CT molecular complexity index is 566. The molecule has 0 radical (unpaired) electrons. The summed E-state index contributed by atoms with van der Waals surface area (Å²) in [6.45, 7) is 9.13. The van der Waals surface area contributed by atoms with E-state index >= 15 is 0 Å². The molecule has 0 spiro atoms. The van der Waals surface area contributed by atoms with Crippen LogP contribution in [0.25, 0.3) is 0 Å². The Morgan fingerprint density at radius 1 is 1.19 bits per heavy atom. The molecule has 0 saturated carbocycles. The molecule has 1 aromatic heterocycles. The van der Waals surface area contributed by atoms with Crippen molar-refractivity contribution in [3.8, 4) is 5.75 Å². The Labute approximate surface area is 127 Å². The molecule has 114 valence electrons. The summed E-state index contributed by atoms with van der Waals surface area (Å²) in [6.07, 6.45) is 1.82. The Balaban J connectivity index is 1.93. The molecular formula is C17H25N3O. The van der Waals surface area contributed by atoms with Crippen LogP contribution in [0.4, 0.5) is 0 Å². The minimum atomic E-state index is -0.162. The van der Waals surface area contributed by atoms with E-state index in [-0.39, 0.29) is 11.6 Å². The first-order valence-corrected chi connectivity index (χ1v) is 7.34. The number of aryl methyl sites for hydroxylation is 1. The first kappa shape index (κ1) is 15.6. The molecule has 0 fully saturated rings. The molecule has 0 bridgehead atoms. The number of rotatable bonds is 5. The van der Waals surface area contributed by atoms with Crippen LogP contribution in [0.3, 0.4) is 0 Å². The third-order valence-electron chi connectivity index (χ3n) is 3.32. The van der Waals surface area contributed by atoms with Gasteiger partial charge in [-0.2, -0.15) is 5.10 Å². The lowest BCUT2D eigenvalue weighted by atomic mass is 10.1. The van der Waals surface area contributed by atoms with Gasteiger partial charge in [-0.05, 0) is 51.5 Å². The van der Waals surface area contributed by atoms with Crippen molar-refractivity contribution >= 4 is 0 Å². The fourth-order valence-corrected chi connectivity index (χ4v) is 2.13. The molecule has 0 saturated heterocycles. The van der Waals surface area contributed by atoms with Gasteiger partial charge in [-0.25, -0.2) is 0 Å². The molecule has 21 heavy (non-hydrogen) atoms. The Kier molecular flexibility index (Phi) is 4.68. The molecule has 2 aromatic rings. The third-order valence-corrected chi connectivity index (χ3v) is 3.32. The Hall–Kier alpha value is -1.81. The van der Waals surface area contributed by atoms with Crippen LogP contribution in [0, 0.1) is 0 Å². The van der Waals surface area contributed by atoms with Gasteiger partial charge in [0.1, 0.15) is 11.4 Å². The van der Waals surface area contributed by atoms with E-state index < -0.39 is 0 Å². The van der Waals surface area contributed by atoms with Gasteiger partial charge in [-0.15, -0.1) is 0 Å². The maximum atomic E-state index is 5.84. The van der Waals surface area contributed by atoms with Crippen molar-refractivity contribution in [2.45, 2.75) is 45.9 Å². The number of hydrogen-bond donors (Lipinski definition) is 1. The predicted octanol–water partition coefficient (Wildman–Crippen LogP) is 3.45. The molecule has 4 nitrogen and oxygen atoms in total. The molecule has 1 heterocycles. The van der Waals surface area contributed by atoms with Crippen LogP contribution in [0.5, 0.6) is 5.75 Å². The summed E-state index contributed by atoms with van der Waals surface area (Å²) in [6, 6.07) is 10.6. The largest absolute Gasteiger partial charge is 0.488 e. The molecule has 0 aliphatic carbocycles. The first-order chi connectivity index (χ1) is 9.85. The zero-order chi connectivity index (χ0) is 15.5. The first-order valence-electron chi connectivity index (χ1n) is 7.34. The monoisotopic (exact) mass is 287 g/mol. The highest BCUT2D eigenvalue weighted by Gasteiger charge is 2.12. The summed E-state index contributed by atoms with van der Waals surface area (Å²) in [5, 5.41) is 7.68. The lowest BCUT2D eigenvalue weighted by Crippen LogP contribution is -2.23. The second-order valence-electron chi connectivity index (χ2n) is 6.33. The minimum absolute atomic E-state index is 0.162. The van der Waals surface area contributed by atoms with Crippen LogP contribution in [-0.4, -0.2) is 15.4 Å². The second-order valence-corrected chi connectivity index (χ2v) is 6.33. The van der Waals surface area contributed by atoms with Crippen molar-refractivity contribution in [3.63, 3.8) is 0 Å². The average Bonchev–Trinajstić information content (AvgIpc) is 2.80. The van der Waals surface area contributed by atoms with Crippen molar-refractivity contribution < 1.29 is 4.74 Å². The summed E-state index contributed by atoms with van der Waals surface area (Å²) < 4.78 is 7.73. The molecule has 0 aliphatic heterocycles. The highest BCUT2D eigenvalue weighted by molar-refractivity contribution is 5.29. The Morgan fingerprint density at radius 2 is 1.86 bits per heavy atom. The van der Waals surface area contributed by atoms with E-state index in [1.165, 1.54) is 11.3 Å². The van der Waals surface area contributed by atoms with Gasteiger partial charge >= 0.3 is 0 Å². The van der Waals surface area contributed by atoms with E-state index in [9.17, 15) is 0 Å². The van der Waals surface area contributed by atoms with E-state index in [1.54, 1.807) is 0 Å². The van der Waals surface area contributed by atoms with Crippen molar-refractivity contribution in [2.24, 2.45) is 7.05 Å².